The van der Waals surface area contributed by atoms with Crippen LogP contribution in [0.25, 0.3) is 0 Å². The fourth-order valence-electron chi connectivity index (χ4n) is 2.07. The molecule has 74 valence electrons. The number of carbonyl (C=O) groups excluding carboxylic acids is 1. The summed E-state index contributed by atoms with van der Waals surface area (Å²) in [5.41, 5.74) is 5.26. The smallest absolute Gasteiger partial charge is 0.221 e. The summed E-state index contributed by atoms with van der Waals surface area (Å²) in [5.74, 6) is 0.772. The Balaban J connectivity index is 1.74. The lowest BCUT2D eigenvalue weighted by molar-refractivity contribution is -0.121. The third-order valence-electron chi connectivity index (χ3n) is 3.06. The van der Waals surface area contributed by atoms with Crippen molar-refractivity contribution in [3.8, 4) is 0 Å². The van der Waals surface area contributed by atoms with Crippen LogP contribution in [0.1, 0.15) is 6.42 Å². The lowest BCUT2D eigenvalue weighted by atomic mass is 10.0. The molecule has 2 saturated heterocycles. The van der Waals surface area contributed by atoms with Gasteiger partial charge in [-0.3, -0.25) is 4.79 Å². The van der Waals surface area contributed by atoms with Crippen molar-refractivity contribution in [2.75, 3.05) is 32.7 Å². The molecule has 0 spiro atoms. The predicted molar refractivity (Wildman–Crippen MR) is 50.1 cm³/mol. The Hall–Kier alpha value is -0.610. The molecule has 2 rings (SSSR count). The van der Waals surface area contributed by atoms with E-state index in [9.17, 15) is 4.79 Å². The van der Waals surface area contributed by atoms with Gasteiger partial charge < -0.3 is 16.0 Å². The number of nitrogens with one attached hydrogen (secondary N) is 1. The van der Waals surface area contributed by atoms with Crippen LogP contribution in [-0.4, -0.2) is 43.5 Å². The van der Waals surface area contributed by atoms with Crippen molar-refractivity contribution in [1.29, 1.82) is 0 Å². The number of hydrogen-bond acceptors (Lipinski definition) is 3. The SMILES string of the molecule is NC(=O)C1CCN(CC2CNC2)C1. The average molecular weight is 183 g/mol. The molecule has 0 aromatic rings. The molecule has 1 atom stereocenters. The van der Waals surface area contributed by atoms with Gasteiger partial charge in [0.25, 0.3) is 0 Å². The summed E-state index contributed by atoms with van der Waals surface area (Å²) >= 11 is 0. The van der Waals surface area contributed by atoms with Gasteiger partial charge in [0.2, 0.25) is 5.91 Å². The molecule has 1 unspecified atom stereocenters. The van der Waals surface area contributed by atoms with Crippen LogP contribution in [0.2, 0.25) is 0 Å². The number of primary amides is 1. The van der Waals surface area contributed by atoms with E-state index in [1.807, 2.05) is 0 Å². The molecule has 0 saturated carbocycles. The van der Waals surface area contributed by atoms with Crippen LogP contribution >= 0.6 is 0 Å². The largest absolute Gasteiger partial charge is 0.369 e. The number of carbonyl (C=O) groups is 1. The van der Waals surface area contributed by atoms with Gasteiger partial charge in [0, 0.05) is 26.2 Å². The molecule has 0 radical (unpaired) electrons. The van der Waals surface area contributed by atoms with E-state index in [1.165, 1.54) is 0 Å². The zero-order chi connectivity index (χ0) is 9.26. The average Bonchev–Trinajstić information content (AvgIpc) is 2.44. The van der Waals surface area contributed by atoms with Gasteiger partial charge in [-0.15, -0.1) is 0 Å². The Labute approximate surface area is 78.5 Å². The molecule has 2 aliphatic rings. The van der Waals surface area contributed by atoms with Gasteiger partial charge in [0.1, 0.15) is 0 Å². The Morgan fingerprint density at radius 2 is 2.31 bits per heavy atom. The normalized spacial score (nSPS) is 30.3. The highest BCUT2D eigenvalue weighted by Crippen LogP contribution is 2.17. The highest BCUT2D eigenvalue weighted by Gasteiger charge is 2.29. The number of likely N-dealkylation sites (tertiary alicyclic amines) is 1. The highest BCUT2D eigenvalue weighted by molar-refractivity contribution is 5.77. The molecule has 0 aromatic carbocycles. The zero-order valence-electron chi connectivity index (χ0n) is 7.83. The molecule has 0 bridgehead atoms. The summed E-state index contributed by atoms with van der Waals surface area (Å²) in [5, 5.41) is 3.25. The van der Waals surface area contributed by atoms with E-state index in [2.05, 4.69) is 10.2 Å². The topological polar surface area (TPSA) is 58.4 Å². The zero-order valence-corrected chi connectivity index (χ0v) is 7.83. The number of rotatable bonds is 3. The van der Waals surface area contributed by atoms with E-state index in [4.69, 9.17) is 5.73 Å². The number of nitrogens with two attached hydrogens (primary N) is 1. The first-order valence-corrected chi connectivity index (χ1v) is 4.98. The molecule has 2 aliphatic heterocycles. The molecule has 3 N–H and O–H groups in total. The summed E-state index contributed by atoms with van der Waals surface area (Å²) in [6.07, 6.45) is 0.954. The number of nitrogens with zero attached hydrogens (tertiary/aromatic N) is 1. The molecule has 1 amide bonds. The van der Waals surface area contributed by atoms with E-state index < -0.39 is 0 Å². The van der Waals surface area contributed by atoms with Crippen molar-refractivity contribution in [3.63, 3.8) is 0 Å². The lowest BCUT2D eigenvalue weighted by Crippen LogP contribution is -2.48. The van der Waals surface area contributed by atoms with Gasteiger partial charge in [-0.2, -0.15) is 0 Å². The standard InChI is InChI=1S/C9H17N3O/c10-9(13)8-1-2-12(6-8)5-7-3-11-4-7/h7-8,11H,1-6H2,(H2,10,13). The van der Waals surface area contributed by atoms with E-state index >= 15 is 0 Å². The van der Waals surface area contributed by atoms with Crippen molar-refractivity contribution < 1.29 is 4.79 Å². The molecule has 0 aliphatic carbocycles. The Bertz CT molecular complexity index is 203. The first-order valence-electron chi connectivity index (χ1n) is 4.98. The number of hydrogen-bond donors (Lipinski definition) is 2. The van der Waals surface area contributed by atoms with Crippen molar-refractivity contribution >= 4 is 5.91 Å². The van der Waals surface area contributed by atoms with Crippen molar-refractivity contribution in [1.82, 2.24) is 10.2 Å². The molecular weight excluding hydrogens is 166 g/mol. The van der Waals surface area contributed by atoms with Gasteiger partial charge >= 0.3 is 0 Å². The van der Waals surface area contributed by atoms with E-state index in [0.717, 1.165) is 45.1 Å². The van der Waals surface area contributed by atoms with Crippen LogP contribution in [0.5, 0.6) is 0 Å². The van der Waals surface area contributed by atoms with Gasteiger partial charge in [-0.25, -0.2) is 0 Å². The summed E-state index contributed by atoms with van der Waals surface area (Å²) in [6, 6.07) is 0. The quantitative estimate of drug-likeness (QED) is 0.591. The summed E-state index contributed by atoms with van der Waals surface area (Å²) < 4.78 is 0. The maximum atomic E-state index is 10.9. The minimum atomic E-state index is -0.130. The maximum absolute atomic E-state index is 10.9. The second-order valence-corrected chi connectivity index (χ2v) is 4.17. The highest BCUT2D eigenvalue weighted by atomic mass is 16.1. The molecular formula is C9H17N3O. The monoisotopic (exact) mass is 183 g/mol. The number of amides is 1. The second-order valence-electron chi connectivity index (χ2n) is 4.17. The minimum Gasteiger partial charge on any atom is -0.369 e. The van der Waals surface area contributed by atoms with E-state index in [-0.39, 0.29) is 11.8 Å². The first-order chi connectivity index (χ1) is 6.25. The Kier molecular flexibility index (Phi) is 2.51. The summed E-state index contributed by atoms with van der Waals surface area (Å²) in [7, 11) is 0. The Morgan fingerprint density at radius 1 is 1.54 bits per heavy atom. The second kappa shape index (κ2) is 3.64. The van der Waals surface area contributed by atoms with Crippen LogP contribution in [0.4, 0.5) is 0 Å². The minimum absolute atomic E-state index is 0.105. The van der Waals surface area contributed by atoms with Crippen LogP contribution in [0.3, 0.4) is 0 Å². The van der Waals surface area contributed by atoms with E-state index in [1.54, 1.807) is 0 Å². The summed E-state index contributed by atoms with van der Waals surface area (Å²) in [6.45, 7) is 5.34. The molecule has 2 fully saturated rings. The third kappa shape index (κ3) is 2.00. The van der Waals surface area contributed by atoms with Gasteiger partial charge in [-0.05, 0) is 18.9 Å². The third-order valence-corrected chi connectivity index (χ3v) is 3.06. The van der Waals surface area contributed by atoms with Crippen molar-refractivity contribution in [3.05, 3.63) is 0 Å². The molecule has 0 aromatic heterocycles. The van der Waals surface area contributed by atoms with Crippen LogP contribution in [0, 0.1) is 11.8 Å². The predicted octanol–water partition coefficient (Wildman–Crippen LogP) is -0.987. The maximum Gasteiger partial charge on any atom is 0.221 e. The van der Waals surface area contributed by atoms with Gasteiger partial charge in [-0.1, -0.05) is 0 Å². The van der Waals surface area contributed by atoms with Crippen LogP contribution in [-0.2, 0) is 4.79 Å². The summed E-state index contributed by atoms with van der Waals surface area (Å²) in [4.78, 5) is 13.3. The van der Waals surface area contributed by atoms with E-state index in [0.29, 0.717) is 0 Å². The fraction of sp³-hybridized carbons (Fsp3) is 0.889. The molecule has 4 nitrogen and oxygen atoms in total. The molecule has 2 heterocycles. The lowest BCUT2D eigenvalue weighted by Gasteiger charge is -2.31. The van der Waals surface area contributed by atoms with Crippen molar-refractivity contribution in [2.24, 2.45) is 17.6 Å². The van der Waals surface area contributed by atoms with Gasteiger partial charge in [0.15, 0.2) is 0 Å². The fourth-order valence-corrected chi connectivity index (χ4v) is 2.07. The van der Waals surface area contributed by atoms with Gasteiger partial charge in [0.05, 0.1) is 5.92 Å². The van der Waals surface area contributed by atoms with Crippen LogP contribution in [0.15, 0.2) is 0 Å². The molecule has 4 heteroatoms. The first kappa shape index (κ1) is 8.97. The van der Waals surface area contributed by atoms with Crippen molar-refractivity contribution in [2.45, 2.75) is 6.42 Å². The van der Waals surface area contributed by atoms with Crippen LogP contribution < -0.4 is 11.1 Å². The molecule has 13 heavy (non-hydrogen) atoms. The Morgan fingerprint density at radius 3 is 2.77 bits per heavy atom.